The Bertz CT molecular complexity index is 1120. The van der Waals surface area contributed by atoms with Gasteiger partial charge in [-0.2, -0.15) is 0 Å². The lowest BCUT2D eigenvalue weighted by Gasteiger charge is -2.41. The van der Waals surface area contributed by atoms with E-state index in [1.165, 1.54) is 26.2 Å². The van der Waals surface area contributed by atoms with Crippen molar-refractivity contribution in [2.75, 3.05) is 20.2 Å². The number of aryl methyl sites for hydroxylation is 1. The molecule has 194 valence electrons. The van der Waals surface area contributed by atoms with Crippen molar-refractivity contribution in [3.63, 3.8) is 0 Å². The highest BCUT2D eigenvalue weighted by atomic mass is 19.1. The Morgan fingerprint density at radius 1 is 1.22 bits per heavy atom. The number of halogens is 1. The molecule has 1 N–H and O–H groups in total. The number of aromatic nitrogens is 2. The van der Waals surface area contributed by atoms with E-state index < -0.39 is 0 Å². The third-order valence-electron chi connectivity index (χ3n) is 8.19. The van der Waals surface area contributed by atoms with Crippen LogP contribution in [-0.2, 0) is 22.5 Å². The van der Waals surface area contributed by atoms with Crippen LogP contribution in [0.25, 0.3) is 0 Å². The molecular formula is C27H36FN5O3. The van der Waals surface area contributed by atoms with E-state index in [2.05, 4.69) is 21.7 Å². The van der Waals surface area contributed by atoms with Gasteiger partial charge < -0.3 is 19.5 Å². The number of methoxy groups -OCH3 is 1. The Balaban J connectivity index is 1.28. The van der Waals surface area contributed by atoms with Crippen molar-refractivity contribution in [1.82, 2.24) is 24.7 Å². The summed E-state index contributed by atoms with van der Waals surface area (Å²) < 4.78 is 21.2. The van der Waals surface area contributed by atoms with Crippen LogP contribution in [0.2, 0.25) is 0 Å². The van der Waals surface area contributed by atoms with Gasteiger partial charge in [0.25, 0.3) is 0 Å². The molecule has 0 aliphatic carbocycles. The Morgan fingerprint density at radius 2 is 1.97 bits per heavy atom. The van der Waals surface area contributed by atoms with E-state index in [-0.39, 0.29) is 23.9 Å². The summed E-state index contributed by atoms with van der Waals surface area (Å²) in [6.45, 7) is 5.63. The van der Waals surface area contributed by atoms with Gasteiger partial charge in [0.05, 0.1) is 31.1 Å². The Morgan fingerprint density at radius 3 is 2.64 bits per heavy atom. The van der Waals surface area contributed by atoms with Crippen molar-refractivity contribution >= 4 is 12.0 Å². The second-order valence-electron chi connectivity index (χ2n) is 10.4. The second kappa shape index (κ2) is 10.2. The van der Waals surface area contributed by atoms with Crippen LogP contribution in [0.4, 0.5) is 9.18 Å². The molecule has 3 aliphatic heterocycles. The third-order valence-corrected chi connectivity index (χ3v) is 8.19. The minimum Gasteiger partial charge on any atom is -0.453 e. The molecule has 1 aromatic heterocycles. The molecule has 2 saturated heterocycles. The smallest absolute Gasteiger partial charge is 0.409 e. The molecule has 2 fully saturated rings. The van der Waals surface area contributed by atoms with Crippen LogP contribution in [0.3, 0.4) is 0 Å². The number of hydrogen-bond acceptors (Lipinski definition) is 5. The summed E-state index contributed by atoms with van der Waals surface area (Å²) in [6, 6.07) is 7.63. The van der Waals surface area contributed by atoms with Gasteiger partial charge in [0.2, 0.25) is 5.91 Å². The molecule has 4 heterocycles. The molecule has 5 rings (SSSR count). The minimum absolute atomic E-state index is 0.104. The van der Waals surface area contributed by atoms with Crippen molar-refractivity contribution in [2.45, 2.75) is 83.1 Å². The van der Waals surface area contributed by atoms with Gasteiger partial charge in [0.1, 0.15) is 11.6 Å². The first-order valence-electron chi connectivity index (χ1n) is 13.0. The van der Waals surface area contributed by atoms with Gasteiger partial charge in [-0.05, 0) is 56.7 Å². The van der Waals surface area contributed by atoms with E-state index in [4.69, 9.17) is 9.72 Å². The molecule has 3 aliphatic rings. The maximum Gasteiger partial charge on any atom is 0.409 e. The predicted molar refractivity (Wildman–Crippen MR) is 133 cm³/mol. The maximum atomic E-state index is 13.9. The lowest BCUT2D eigenvalue weighted by molar-refractivity contribution is -0.119. The lowest BCUT2D eigenvalue weighted by Crippen LogP contribution is -2.45. The van der Waals surface area contributed by atoms with Gasteiger partial charge in [-0.1, -0.05) is 12.1 Å². The maximum absolute atomic E-state index is 13.9. The zero-order valence-electron chi connectivity index (χ0n) is 21.4. The molecule has 2 bridgehead atoms. The SMILES string of the molecule is COC(=O)N1CCc2nc(C)n(C3CC4CCC(C3)N4CC[C@H](NC(C)=O)c3cccc(F)c3)c2C1. The average molecular weight is 498 g/mol. The molecule has 36 heavy (non-hydrogen) atoms. The molecule has 0 radical (unpaired) electrons. The molecule has 2 amide bonds. The Kier molecular flexibility index (Phi) is 7.01. The van der Waals surface area contributed by atoms with Crippen LogP contribution >= 0.6 is 0 Å². The Labute approximate surface area is 211 Å². The highest BCUT2D eigenvalue weighted by molar-refractivity contribution is 5.73. The number of nitrogens with one attached hydrogen (secondary N) is 1. The molecule has 9 heteroatoms. The molecule has 2 aromatic rings. The van der Waals surface area contributed by atoms with Crippen molar-refractivity contribution in [1.29, 1.82) is 0 Å². The number of imidazole rings is 1. The molecule has 0 saturated carbocycles. The normalized spacial score (nSPS) is 24.3. The molecular weight excluding hydrogens is 461 g/mol. The number of fused-ring (bicyclic) bond motifs is 3. The van der Waals surface area contributed by atoms with E-state index in [0.29, 0.717) is 31.2 Å². The van der Waals surface area contributed by atoms with Crippen molar-refractivity contribution in [3.8, 4) is 0 Å². The van der Waals surface area contributed by atoms with Gasteiger partial charge >= 0.3 is 6.09 Å². The summed E-state index contributed by atoms with van der Waals surface area (Å²) in [4.78, 5) is 33.2. The number of rotatable bonds is 6. The number of hydrogen-bond donors (Lipinski definition) is 1. The van der Waals surface area contributed by atoms with E-state index >= 15 is 0 Å². The van der Waals surface area contributed by atoms with Gasteiger partial charge in [-0.15, -0.1) is 0 Å². The number of amides is 2. The predicted octanol–water partition coefficient (Wildman–Crippen LogP) is 3.89. The van der Waals surface area contributed by atoms with E-state index in [1.54, 1.807) is 11.0 Å². The van der Waals surface area contributed by atoms with Crippen molar-refractivity contribution in [2.24, 2.45) is 0 Å². The molecule has 8 nitrogen and oxygen atoms in total. The molecule has 0 spiro atoms. The summed E-state index contributed by atoms with van der Waals surface area (Å²) >= 11 is 0. The first-order valence-corrected chi connectivity index (χ1v) is 13.0. The highest BCUT2D eigenvalue weighted by Crippen LogP contribution is 2.43. The standard InChI is InChI=1S/C27H36FN5O3/c1-17-29-25-9-11-31(27(35)36-3)16-26(25)33(17)23-14-21-7-8-22(15-23)32(21)12-10-24(30-18(2)34)19-5-4-6-20(28)13-19/h4-6,13,21-24H,7-12,14-16H2,1-3H3,(H,30,34)/t21?,22?,23?,24-/m0/s1. The fourth-order valence-corrected chi connectivity index (χ4v) is 6.68. The summed E-state index contributed by atoms with van der Waals surface area (Å²) in [7, 11) is 1.43. The largest absolute Gasteiger partial charge is 0.453 e. The number of ether oxygens (including phenoxy) is 1. The molecule has 1 aromatic carbocycles. The van der Waals surface area contributed by atoms with Crippen LogP contribution < -0.4 is 5.32 Å². The third kappa shape index (κ3) is 4.85. The zero-order chi connectivity index (χ0) is 25.4. The second-order valence-corrected chi connectivity index (χ2v) is 10.4. The number of carbonyl (C=O) groups excluding carboxylic acids is 2. The fourth-order valence-electron chi connectivity index (χ4n) is 6.68. The van der Waals surface area contributed by atoms with Gasteiger partial charge in [0.15, 0.2) is 0 Å². The van der Waals surface area contributed by atoms with Gasteiger partial charge in [-0.3, -0.25) is 9.69 Å². The summed E-state index contributed by atoms with van der Waals surface area (Å²) in [5.74, 6) is 0.641. The van der Waals surface area contributed by atoms with Crippen LogP contribution in [-0.4, -0.2) is 63.6 Å². The topological polar surface area (TPSA) is 79.7 Å². The van der Waals surface area contributed by atoms with Crippen LogP contribution in [0, 0.1) is 12.7 Å². The lowest BCUT2D eigenvalue weighted by atomic mass is 9.95. The summed E-state index contributed by atoms with van der Waals surface area (Å²) in [6.07, 6.45) is 5.63. The fraction of sp³-hybridized carbons (Fsp3) is 0.593. The minimum atomic E-state index is -0.284. The van der Waals surface area contributed by atoms with E-state index in [9.17, 15) is 14.0 Å². The summed E-state index contributed by atoms with van der Waals surface area (Å²) in [5, 5.41) is 3.02. The quantitative estimate of drug-likeness (QED) is 0.655. The van der Waals surface area contributed by atoms with Crippen LogP contribution in [0.5, 0.6) is 0 Å². The van der Waals surface area contributed by atoms with Crippen molar-refractivity contribution < 1.29 is 18.7 Å². The zero-order valence-corrected chi connectivity index (χ0v) is 21.4. The number of carbonyl (C=O) groups is 2. The first-order chi connectivity index (χ1) is 17.3. The number of benzene rings is 1. The summed E-state index contributed by atoms with van der Waals surface area (Å²) in [5.41, 5.74) is 3.07. The molecule has 2 unspecified atom stereocenters. The highest BCUT2D eigenvalue weighted by Gasteiger charge is 2.42. The first kappa shape index (κ1) is 24.7. The molecule has 3 atom stereocenters. The number of piperidine rings is 1. The van der Waals surface area contributed by atoms with Crippen LogP contribution in [0.15, 0.2) is 24.3 Å². The van der Waals surface area contributed by atoms with Crippen LogP contribution in [0.1, 0.15) is 73.9 Å². The monoisotopic (exact) mass is 497 g/mol. The van der Waals surface area contributed by atoms with Gasteiger partial charge in [0, 0.05) is 44.6 Å². The Hall–Kier alpha value is -2.94. The average Bonchev–Trinajstić information content (AvgIpc) is 3.30. The van der Waals surface area contributed by atoms with Crippen molar-refractivity contribution in [3.05, 3.63) is 52.9 Å². The van der Waals surface area contributed by atoms with E-state index in [0.717, 1.165) is 67.8 Å². The number of nitrogens with zero attached hydrogens (tertiary/aromatic N) is 4. The van der Waals surface area contributed by atoms with E-state index in [1.807, 2.05) is 6.07 Å². The van der Waals surface area contributed by atoms with Gasteiger partial charge in [-0.25, -0.2) is 14.2 Å².